The molecule has 0 saturated carbocycles. The third kappa shape index (κ3) is 7.19. The summed E-state index contributed by atoms with van der Waals surface area (Å²) >= 11 is 0. The van der Waals surface area contributed by atoms with Gasteiger partial charge in [0.05, 0.1) is 6.04 Å². The minimum atomic E-state index is -0.210. The largest absolute Gasteiger partial charge is 0.374 e. The number of nitrogens with zero attached hydrogens (tertiary/aromatic N) is 5. The smallest absolute Gasteiger partial charge is 0.239 e. The van der Waals surface area contributed by atoms with Gasteiger partial charge in [-0.3, -0.25) is 14.7 Å². The van der Waals surface area contributed by atoms with Crippen molar-refractivity contribution in [3.63, 3.8) is 0 Å². The Morgan fingerprint density at radius 2 is 1.84 bits per heavy atom. The molecule has 2 heterocycles. The zero-order valence-electron chi connectivity index (χ0n) is 19.6. The first kappa shape index (κ1) is 26.6. The lowest BCUT2D eigenvalue weighted by Crippen LogP contribution is -2.57. The Morgan fingerprint density at radius 3 is 2.47 bits per heavy atom. The summed E-state index contributed by atoms with van der Waals surface area (Å²) in [7, 11) is 3.79. The maximum absolute atomic E-state index is 13.4. The van der Waals surface area contributed by atoms with Gasteiger partial charge in [-0.1, -0.05) is 6.07 Å². The molecule has 7 nitrogen and oxygen atoms in total. The lowest BCUT2D eigenvalue weighted by Gasteiger charge is -2.39. The van der Waals surface area contributed by atoms with Gasteiger partial charge in [0.15, 0.2) is 5.96 Å². The van der Waals surface area contributed by atoms with Crippen LogP contribution in [-0.2, 0) is 4.79 Å². The number of carbonyl (C=O) groups is 1. The van der Waals surface area contributed by atoms with E-state index in [0.717, 1.165) is 83.3 Å². The number of anilines is 1. The second-order valence-electron chi connectivity index (χ2n) is 8.46. The second kappa shape index (κ2) is 13.2. The summed E-state index contributed by atoms with van der Waals surface area (Å²) in [6.07, 6.45) is 3.19. The molecule has 0 aromatic heterocycles. The van der Waals surface area contributed by atoms with Gasteiger partial charge in [0.1, 0.15) is 5.82 Å². The molecule has 9 heteroatoms. The van der Waals surface area contributed by atoms with Gasteiger partial charge in [0.2, 0.25) is 5.91 Å². The summed E-state index contributed by atoms with van der Waals surface area (Å²) in [5.74, 6) is 0.973. The molecular weight excluding hydrogens is 522 g/mol. The Labute approximate surface area is 209 Å². The number of piperazine rings is 1. The second-order valence-corrected chi connectivity index (χ2v) is 8.46. The molecule has 0 aliphatic carbocycles. The molecule has 1 aromatic carbocycles. The number of amides is 1. The zero-order valence-corrected chi connectivity index (χ0v) is 21.9. The third-order valence-corrected chi connectivity index (χ3v) is 6.35. The van der Waals surface area contributed by atoms with Crippen molar-refractivity contribution in [1.29, 1.82) is 0 Å². The fourth-order valence-electron chi connectivity index (χ4n) is 4.37. The van der Waals surface area contributed by atoms with Crippen LogP contribution in [-0.4, -0.2) is 99.1 Å². The molecule has 1 N–H and O–H groups in total. The van der Waals surface area contributed by atoms with E-state index in [1.54, 1.807) is 12.1 Å². The van der Waals surface area contributed by atoms with Crippen molar-refractivity contribution in [2.75, 3.05) is 71.4 Å². The number of hydrogen-bond acceptors (Lipinski definition) is 4. The molecule has 1 atom stereocenters. The van der Waals surface area contributed by atoms with E-state index in [4.69, 9.17) is 0 Å². The molecular formula is C23H38FIN6O. The number of aliphatic imine (C=N–C) groups is 1. The van der Waals surface area contributed by atoms with Gasteiger partial charge in [-0.25, -0.2) is 4.39 Å². The Kier molecular flexibility index (Phi) is 11.0. The van der Waals surface area contributed by atoms with Crippen molar-refractivity contribution in [1.82, 2.24) is 20.0 Å². The molecule has 0 bridgehead atoms. The van der Waals surface area contributed by atoms with E-state index in [1.807, 2.05) is 32.0 Å². The summed E-state index contributed by atoms with van der Waals surface area (Å²) < 4.78 is 13.4. The van der Waals surface area contributed by atoms with Crippen LogP contribution in [0, 0.1) is 5.82 Å². The zero-order chi connectivity index (χ0) is 22.2. The molecule has 2 aliphatic heterocycles. The van der Waals surface area contributed by atoms with Crippen molar-refractivity contribution in [2.24, 2.45) is 4.99 Å². The maximum atomic E-state index is 13.4. The van der Waals surface area contributed by atoms with Crippen LogP contribution in [0.5, 0.6) is 0 Å². The van der Waals surface area contributed by atoms with E-state index in [1.165, 1.54) is 6.07 Å². The van der Waals surface area contributed by atoms with Gasteiger partial charge in [0, 0.05) is 72.1 Å². The molecule has 1 unspecified atom stereocenters. The maximum Gasteiger partial charge on any atom is 0.239 e. The highest BCUT2D eigenvalue weighted by Crippen LogP contribution is 2.15. The van der Waals surface area contributed by atoms with E-state index in [0.29, 0.717) is 0 Å². The summed E-state index contributed by atoms with van der Waals surface area (Å²) in [6.45, 7) is 8.95. The number of benzene rings is 1. The first-order valence-electron chi connectivity index (χ1n) is 11.4. The topological polar surface area (TPSA) is 54.4 Å². The van der Waals surface area contributed by atoms with Crippen LogP contribution >= 0.6 is 24.0 Å². The number of rotatable bonds is 7. The summed E-state index contributed by atoms with van der Waals surface area (Å²) in [6, 6.07) is 6.63. The Balaban J connectivity index is 0.00000363. The highest BCUT2D eigenvalue weighted by Gasteiger charge is 2.30. The quantitative estimate of drug-likeness (QED) is 0.241. The average molecular weight is 561 g/mol. The first-order valence-corrected chi connectivity index (χ1v) is 11.4. The normalized spacial score (nSPS) is 18.3. The van der Waals surface area contributed by atoms with Gasteiger partial charge >= 0.3 is 0 Å². The van der Waals surface area contributed by atoms with Crippen LogP contribution < -0.4 is 10.2 Å². The van der Waals surface area contributed by atoms with E-state index in [2.05, 4.69) is 25.0 Å². The summed E-state index contributed by atoms with van der Waals surface area (Å²) in [4.78, 5) is 25.7. The number of likely N-dealkylation sites (tertiary alicyclic amines) is 1. The highest BCUT2D eigenvalue weighted by molar-refractivity contribution is 14.0. The summed E-state index contributed by atoms with van der Waals surface area (Å²) in [5, 5.41) is 3.45. The van der Waals surface area contributed by atoms with E-state index >= 15 is 0 Å². The van der Waals surface area contributed by atoms with Crippen molar-refractivity contribution >= 4 is 41.5 Å². The molecule has 2 fully saturated rings. The van der Waals surface area contributed by atoms with Gasteiger partial charge in [0.25, 0.3) is 0 Å². The molecule has 1 amide bonds. The molecule has 32 heavy (non-hydrogen) atoms. The van der Waals surface area contributed by atoms with Crippen LogP contribution in [0.1, 0.15) is 26.2 Å². The van der Waals surface area contributed by atoms with Crippen LogP contribution in [0.2, 0.25) is 0 Å². The van der Waals surface area contributed by atoms with Gasteiger partial charge < -0.3 is 20.0 Å². The van der Waals surface area contributed by atoms with Gasteiger partial charge in [-0.2, -0.15) is 0 Å². The van der Waals surface area contributed by atoms with Crippen molar-refractivity contribution in [3.8, 4) is 0 Å². The summed E-state index contributed by atoms with van der Waals surface area (Å²) in [5.41, 5.74) is 0.887. The third-order valence-electron chi connectivity index (χ3n) is 6.35. The predicted molar refractivity (Wildman–Crippen MR) is 139 cm³/mol. The van der Waals surface area contributed by atoms with Crippen molar-refractivity contribution in [2.45, 2.75) is 32.2 Å². The van der Waals surface area contributed by atoms with Crippen molar-refractivity contribution in [3.05, 3.63) is 30.1 Å². The van der Waals surface area contributed by atoms with E-state index < -0.39 is 0 Å². The number of hydrogen-bond donors (Lipinski definition) is 1. The molecule has 0 radical (unpaired) electrons. The van der Waals surface area contributed by atoms with Crippen LogP contribution in [0.3, 0.4) is 0 Å². The Hall–Kier alpha value is -1.62. The first-order chi connectivity index (χ1) is 15.0. The van der Waals surface area contributed by atoms with Gasteiger partial charge in [-0.05, 0) is 44.4 Å². The average Bonchev–Trinajstić information content (AvgIpc) is 3.33. The minimum Gasteiger partial charge on any atom is -0.374 e. The lowest BCUT2D eigenvalue weighted by atomic mass is 10.2. The molecule has 0 spiro atoms. The monoisotopic (exact) mass is 560 g/mol. The van der Waals surface area contributed by atoms with Gasteiger partial charge in [-0.15, -0.1) is 24.0 Å². The van der Waals surface area contributed by atoms with E-state index in [9.17, 15) is 9.18 Å². The number of guanidine groups is 1. The standard InChI is InChI=1S/C23H37FN6O.HI/c1-19(22(31)29-12-4-5-13-29)28-14-16-30(17-15-28)23(25-2)26-10-7-11-27(3)21-9-6-8-20(24)18-21;/h6,8-9,18-19H,4-5,7,10-17H2,1-3H3,(H,25,26);1H. The lowest BCUT2D eigenvalue weighted by molar-refractivity contribution is -0.135. The molecule has 3 rings (SSSR count). The SMILES string of the molecule is CN=C(NCCCN(C)c1cccc(F)c1)N1CCN(C(C)C(=O)N2CCCC2)CC1.I. The van der Waals surface area contributed by atoms with Crippen LogP contribution in [0.4, 0.5) is 10.1 Å². The van der Waals surface area contributed by atoms with E-state index in [-0.39, 0.29) is 41.7 Å². The Bertz CT molecular complexity index is 750. The number of halogens is 2. The number of carbonyl (C=O) groups excluding carboxylic acids is 1. The fourth-order valence-corrected chi connectivity index (χ4v) is 4.37. The highest BCUT2D eigenvalue weighted by atomic mass is 127. The van der Waals surface area contributed by atoms with Crippen LogP contribution in [0.15, 0.2) is 29.3 Å². The predicted octanol–water partition coefficient (Wildman–Crippen LogP) is 2.47. The Morgan fingerprint density at radius 1 is 1.16 bits per heavy atom. The van der Waals surface area contributed by atoms with Crippen molar-refractivity contribution < 1.29 is 9.18 Å². The molecule has 2 saturated heterocycles. The molecule has 1 aromatic rings. The number of nitrogens with one attached hydrogen (secondary N) is 1. The fraction of sp³-hybridized carbons (Fsp3) is 0.652. The minimum absolute atomic E-state index is 0. The molecule has 2 aliphatic rings. The molecule has 180 valence electrons. The van der Waals surface area contributed by atoms with Crippen LogP contribution in [0.25, 0.3) is 0 Å².